The van der Waals surface area contributed by atoms with Crippen molar-refractivity contribution in [1.29, 1.82) is 0 Å². The average Bonchev–Trinajstić information content (AvgIpc) is 2.38. The Morgan fingerprint density at radius 1 is 1.16 bits per heavy atom. The van der Waals surface area contributed by atoms with Gasteiger partial charge in [-0.1, -0.05) is 40.2 Å². The normalized spacial score (nSPS) is 10.4. The molecule has 0 amide bonds. The zero-order valence-corrected chi connectivity index (χ0v) is 12.5. The number of halogens is 2. The lowest BCUT2D eigenvalue weighted by molar-refractivity contribution is -0.116. The van der Waals surface area contributed by atoms with Crippen molar-refractivity contribution >= 4 is 33.5 Å². The summed E-state index contributed by atoms with van der Waals surface area (Å²) in [6, 6.07) is 14.2. The largest absolute Gasteiger partial charge is 0.298 e. The van der Waals surface area contributed by atoms with Crippen molar-refractivity contribution in [2.75, 3.05) is 5.75 Å². The first kappa shape index (κ1) is 14.3. The highest BCUT2D eigenvalue weighted by Crippen LogP contribution is 2.21. The van der Waals surface area contributed by atoms with Gasteiger partial charge >= 0.3 is 0 Å². The first-order chi connectivity index (χ1) is 9.15. The predicted molar refractivity (Wildman–Crippen MR) is 80.0 cm³/mol. The Balaban J connectivity index is 1.90. The molecule has 0 heterocycles. The predicted octanol–water partition coefficient (Wildman–Crippen LogP) is 4.49. The van der Waals surface area contributed by atoms with Crippen molar-refractivity contribution in [3.8, 4) is 0 Å². The van der Waals surface area contributed by atoms with E-state index in [9.17, 15) is 9.18 Å². The second-order valence-electron chi connectivity index (χ2n) is 4.06. The first-order valence-electron chi connectivity index (χ1n) is 5.78. The Bertz CT molecular complexity index is 586. The number of hydrogen-bond acceptors (Lipinski definition) is 2. The van der Waals surface area contributed by atoms with Crippen LogP contribution >= 0.6 is 27.7 Å². The van der Waals surface area contributed by atoms with Gasteiger partial charge in [0.05, 0.1) is 5.75 Å². The van der Waals surface area contributed by atoms with Crippen LogP contribution in [0.15, 0.2) is 57.9 Å². The van der Waals surface area contributed by atoms with Crippen LogP contribution in [0, 0.1) is 5.82 Å². The summed E-state index contributed by atoms with van der Waals surface area (Å²) in [6.45, 7) is 0. The quantitative estimate of drug-likeness (QED) is 0.747. The Hall–Kier alpha value is -1.13. The van der Waals surface area contributed by atoms with E-state index in [4.69, 9.17) is 0 Å². The summed E-state index contributed by atoms with van der Waals surface area (Å²) in [7, 11) is 0. The number of ketones is 1. The summed E-state index contributed by atoms with van der Waals surface area (Å²) >= 11 is 4.61. The number of rotatable bonds is 5. The van der Waals surface area contributed by atoms with Crippen molar-refractivity contribution in [3.05, 3.63) is 64.4 Å². The minimum Gasteiger partial charge on any atom is -0.298 e. The van der Waals surface area contributed by atoms with Gasteiger partial charge in [-0.2, -0.15) is 0 Å². The molecule has 0 saturated heterocycles. The topological polar surface area (TPSA) is 17.1 Å². The monoisotopic (exact) mass is 338 g/mol. The molecule has 0 aliphatic carbocycles. The van der Waals surface area contributed by atoms with Crippen LogP contribution in [0.4, 0.5) is 4.39 Å². The Morgan fingerprint density at radius 2 is 1.95 bits per heavy atom. The van der Waals surface area contributed by atoms with Gasteiger partial charge in [-0.3, -0.25) is 4.79 Å². The third-order valence-corrected chi connectivity index (χ3v) is 4.12. The Morgan fingerprint density at radius 3 is 2.68 bits per heavy atom. The van der Waals surface area contributed by atoms with Crippen molar-refractivity contribution in [2.45, 2.75) is 11.3 Å². The van der Waals surface area contributed by atoms with E-state index >= 15 is 0 Å². The molecule has 0 aliphatic heterocycles. The van der Waals surface area contributed by atoms with Crippen LogP contribution in [0.2, 0.25) is 0 Å². The highest BCUT2D eigenvalue weighted by Gasteiger charge is 2.07. The van der Waals surface area contributed by atoms with E-state index < -0.39 is 0 Å². The van der Waals surface area contributed by atoms with Gasteiger partial charge in [0.25, 0.3) is 0 Å². The molecule has 98 valence electrons. The molecule has 19 heavy (non-hydrogen) atoms. The number of thioether (sulfide) groups is 1. The molecule has 0 aromatic heterocycles. The van der Waals surface area contributed by atoms with Crippen LogP contribution in [0.5, 0.6) is 0 Å². The molecule has 0 bridgehead atoms. The van der Waals surface area contributed by atoms with E-state index in [0.717, 1.165) is 10.0 Å². The average molecular weight is 339 g/mol. The van der Waals surface area contributed by atoms with Crippen molar-refractivity contribution in [2.24, 2.45) is 0 Å². The standard InChI is InChI=1S/C15H12BrFOS/c16-12-5-3-4-11(8-12)9-13(18)10-19-15-7-2-1-6-14(15)17/h1-8H,9-10H2. The van der Waals surface area contributed by atoms with Crippen molar-refractivity contribution in [3.63, 3.8) is 0 Å². The maximum Gasteiger partial charge on any atom is 0.147 e. The molecule has 0 spiro atoms. The molecule has 0 N–H and O–H groups in total. The summed E-state index contributed by atoms with van der Waals surface area (Å²) in [5.41, 5.74) is 0.966. The first-order valence-corrected chi connectivity index (χ1v) is 7.56. The third-order valence-electron chi connectivity index (χ3n) is 2.52. The third kappa shape index (κ3) is 4.48. The van der Waals surface area contributed by atoms with Crippen LogP contribution in [0.3, 0.4) is 0 Å². The lowest BCUT2D eigenvalue weighted by Gasteiger charge is -2.03. The second-order valence-corrected chi connectivity index (χ2v) is 6.00. The minimum absolute atomic E-state index is 0.0892. The fraction of sp³-hybridized carbons (Fsp3) is 0.133. The molecule has 0 atom stereocenters. The van der Waals surface area contributed by atoms with E-state index in [-0.39, 0.29) is 17.4 Å². The van der Waals surface area contributed by atoms with Crippen molar-refractivity contribution < 1.29 is 9.18 Å². The summed E-state index contributed by atoms with van der Waals surface area (Å²) in [5, 5.41) is 0. The summed E-state index contributed by atoms with van der Waals surface area (Å²) in [4.78, 5) is 12.4. The number of benzene rings is 2. The zero-order chi connectivity index (χ0) is 13.7. The molecule has 0 fully saturated rings. The summed E-state index contributed by atoms with van der Waals surface area (Å²) in [6.07, 6.45) is 0.376. The van der Waals surface area contributed by atoms with E-state index in [2.05, 4.69) is 15.9 Å². The lowest BCUT2D eigenvalue weighted by atomic mass is 10.1. The highest BCUT2D eigenvalue weighted by molar-refractivity contribution is 9.10. The van der Waals surface area contributed by atoms with Gasteiger partial charge in [-0.15, -0.1) is 11.8 Å². The van der Waals surface area contributed by atoms with Gasteiger partial charge in [0.15, 0.2) is 0 Å². The highest BCUT2D eigenvalue weighted by atomic mass is 79.9. The van der Waals surface area contributed by atoms with Crippen LogP contribution in [0.1, 0.15) is 5.56 Å². The summed E-state index contributed by atoms with van der Waals surface area (Å²) < 4.78 is 14.3. The zero-order valence-electron chi connectivity index (χ0n) is 10.1. The maximum absolute atomic E-state index is 13.4. The number of hydrogen-bond donors (Lipinski definition) is 0. The fourth-order valence-electron chi connectivity index (χ4n) is 1.65. The number of carbonyl (C=O) groups excluding carboxylic acids is 1. The molecule has 2 aromatic carbocycles. The molecule has 4 heteroatoms. The van der Waals surface area contributed by atoms with Gasteiger partial charge in [0, 0.05) is 15.8 Å². The van der Waals surface area contributed by atoms with Crippen LogP contribution in [0.25, 0.3) is 0 Å². The molecular formula is C15H12BrFOS. The maximum atomic E-state index is 13.4. The van der Waals surface area contributed by atoms with Crippen LogP contribution in [-0.2, 0) is 11.2 Å². The molecule has 1 nitrogen and oxygen atoms in total. The lowest BCUT2D eigenvalue weighted by Crippen LogP contribution is -2.05. The van der Waals surface area contributed by atoms with Gasteiger partial charge in [-0.05, 0) is 29.8 Å². The SMILES string of the molecule is O=C(CSc1ccccc1F)Cc1cccc(Br)c1. The molecule has 0 aliphatic rings. The molecular weight excluding hydrogens is 327 g/mol. The van der Waals surface area contributed by atoms with E-state index in [0.29, 0.717) is 11.3 Å². The van der Waals surface area contributed by atoms with E-state index in [1.165, 1.54) is 17.8 Å². The minimum atomic E-state index is -0.275. The van der Waals surface area contributed by atoms with Crippen LogP contribution in [-0.4, -0.2) is 11.5 Å². The van der Waals surface area contributed by atoms with E-state index in [1.54, 1.807) is 18.2 Å². The van der Waals surface area contributed by atoms with Crippen LogP contribution < -0.4 is 0 Å². The Kier molecular flexibility index (Phi) is 5.16. The van der Waals surface area contributed by atoms with Gasteiger partial charge < -0.3 is 0 Å². The molecule has 0 saturated carbocycles. The van der Waals surface area contributed by atoms with Gasteiger partial charge in [0.2, 0.25) is 0 Å². The number of Topliss-reactive ketones (excluding diaryl/α,β-unsaturated/α-hetero) is 1. The number of carbonyl (C=O) groups is 1. The van der Waals surface area contributed by atoms with E-state index in [1.807, 2.05) is 24.3 Å². The Labute approximate surface area is 124 Å². The van der Waals surface area contributed by atoms with Gasteiger partial charge in [0.1, 0.15) is 11.6 Å². The molecule has 2 aromatic rings. The van der Waals surface area contributed by atoms with Crippen molar-refractivity contribution in [1.82, 2.24) is 0 Å². The molecule has 0 unspecified atom stereocenters. The second kappa shape index (κ2) is 6.87. The summed E-state index contributed by atoms with van der Waals surface area (Å²) in [5.74, 6) is 0.0992. The smallest absolute Gasteiger partial charge is 0.147 e. The van der Waals surface area contributed by atoms with Gasteiger partial charge in [-0.25, -0.2) is 4.39 Å². The molecule has 2 rings (SSSR count). The molecule has 0 radical (unpaired) electrons. The fourth-order valence-corrected chi connectivity index (χ4v) is 2.89.